The number of amides is 2. The maximum Gasteiger partial charge on any atom is 0.246 e. The second kappa shape index (κ2) is 9.16. The molecule has 0 saturated heterocycles. The fraction of sp³-hybridized carbons (Fsp3) is 0.238. The van der Waals surface area contributed by atoms with Crippen LogP contribution in [0, 0.1) is 0 Å². The van der Waals surface area contributed by atoms with Gasteiger partial charge in [-0.3, -0.25) is 14.8 Å². The molecule has 28 heavy (non-hydrogen) atoms. The summed E-state index contributed by atoms with van der Waals surface area (Å²) in [6, 6.07) is 16.9. The molecule has 0 radical (unpaired) electrons. The molecule has 2 amide bonds. The van der Waals surface area contributed by atoms with Crippen LogP contribution in [0.5, 0.6) is 0 Å². The molecule has 0 aliphatic carbocycles. The fourth-order valence-electron chi connectivity index (χ4n) is 3.29. The monoisotopic (exact) mass is 381 g/mol. The summed E-state index contributed by atoms with van der Waals surface area (Å²) in [6.07, 6.45) is 2.47. The zero-order valence-corrected chi connectivity index (χ0v) is 15.4. The third kappa shape index (κ3) is 4.39. The predicted octanol–water partition coefficient (Wildman–Crippen LogP) is 2.10. The summed E-state index contributed by atoms with van der Waals surface area (Å²) in [5, 5.41) is 19.0. The highest BCUT2D eigenvalue weighted by Crippen LogP contribution is 2.23. The van der Waals surface area contributed by atoms with E-state index in [0.717, 1.165) is 22.2 Å². The Kier molecular flexibility index (Phi) is 6.41. The van der Waals surface area contributed by atoms with E-state index >= 15 is 0 Å². The van der Waals surface area contributed by atoms with Crippen molar-refractivity contribution in [2.24, 2.45) is 0 Å². The molecule has 0 unspecified atom stereocenters. The van der Waals surface area contributed by atoms with Gasteiger partial charge in [0.25, 0.3) is 0 Å². The number of para-hydroxylation sites is 2. The molecule has 0 aliphatic rings. The molecule has 0 spiro atoms. The Balaban J connectivity index is 1.86. The minimum absolute atomic E-state index is 0.113. The number of carbonyl (C=O) groups excluding carboxylic acids is 2. The lowest BCUT2D eigenvalue weighted by Crippen LogP contribution is -2.36. The van der Waals surface area contributed by atoms with Crippen molar-refractivity contribution in [3.63, 3.8) is 0 Å². The first-order valence-corrected chi connectivity index (χ1v) is 9.10. The summed E-state index contributed by atoms with van der Waals surface area (Å²) in [5.74, 6) is -0.591. The van der Waals surface area contributed by atoms with E-state index in [4.69, 9.17) is 5.21 Å². The van der Waals surface area contributed by atoms with E-state index in [1.807, 2.05) is 65.4 Å². The van der Waals surface area contributed by atoms with Gasteiger partial charge in [0, 0.05) is 35.8 Å². The maximum atomic E-state index is 13.0. The number of aryl methyl sites for hydroxylation is 1. The van der Waals surface area contributed by atoms with Crippen LogP contribution >= 0.6 is 0 Å². The zero-order valence-electron chi connectivity index (χ0n) is 15.4. The van der Waals surface area contributed by atoms with Crippen LogP contribution in [0.25, 0.3) is 10.9 Å². The van der Waals surface area contributed by atoms with E-state index in [1.54, 1.807) is 10.4 Å². The molecule has 146 valence electrons. The van der Waals surface area contributed by atoms with E-state index < -0.39 is 5.91 Å². The SMILES string of the molecule is O=C(CCc1cn(CC(=O)N(CCO)c2ccccc2)c2ccccc12)NO. The first-order chi connectivity index (χ1) is 13.6. The predicted molar refractivity (Wildman–Crippen MR) is 106 cm³/mol. The number of rotatable bonds is 8. The molecule has 0 atom stereocenters. The average molecular weight is 381 g/mol. The second-order valence-corrected chi connectivity index (χ2v) is 6.44. The first-order valence-electron chi connectivity index (χ1n) is 9.10. The normalized spacial score (nSPS) is 10.8. The summed E-state index contributed by atoms with van der Waals surface area (Å²) < 4.78 is 1.86. The Morgan fingerprint density at radius 2 is 1.75 bits per heavy atom. The summed E-state index contributed by atoms with van der Waals surface area (Å²) in [5.41, 5.74) is 4.20. The Morgan fingerprint density at radius 3 is 2.46 bits per heavy atom. The average Bonchev–Trinajstić information content (AvgIpc) is 3.08. The van der Waals surface area contributed by atoms with Gasteiger partial charge in [0.15, 0.2) is 0 Å². The van der Waals surface area contributed by atoms with Gasteiger partial charge >= 0.3 is 0 Å². The summed E-state index contributed by atoms with van der Waals surface area (Å²) >= 11 is 0. The quantitative estimate of drug-likeness (QED) is 0.411. The van der Waals surface area contributed by atoms with Crippen molar-refractivity contribution in [1.82, 2.24) is 10.0 Å². The molecule has 2 aromatic carbocycles. The van der Waals surface area contributed by atoms with Crippen LogP contribution in [0.15, 0.2) is 60.8 Å². The Hall–Kier alpha value is -3.16. The lowest BCUT2D eigenvalue weighted by atomic mass is 10.1. The molecular weight excluding hydrogens is 358 g/mol. The van der Waals surface area contributed by atoms with Crippen molar-refractivity contribution >= 4 is 28.4 Å². The Morgan fingerprint density at radius 1 is 1.04 bits per heavy atom. The molecule has 1 aromatic heterocycles. The van der Waals surface area contributed by atoms with Crippen LogP contribution in [0.1, 0.15) is 12.0 Å². The lowest BCUT2D eigenvalue weighted by Gasteiger charge is -2.22. The van der Waals surface area contributed by atoms with Gasteiger partial charge in [0.2, 0.25) is 11.8 Å². The number of fused-ring (bicyclic) bond motifs is 1. The van der Waals surface area contributed by atoms with Gasteiger partial charge in [-0.1, -0.05) is 36.4 Å². The van der Waals surface area contributed by atoms with Crippen molar-refractivity contribution < 1.29 is 19.9 Å². The van der Waals surface area contributed by atoms with E-state index in [2.05, 4.69) is 0 Å². The number of hydroxylamine groups is 1. The number of aliphatic hydroxyl groups is 1. The molecule has 3 rings (SSSR count). The fourth-order valence-corrected chi connectivity index (χ4v) is 3.29. The number of carbonyl (C=O) groups is 2. The summed E-state index contributed by atoms with van der Waals surface area (Å²) in [6.45, 7) is 0.196. The summed E-state index contributed by atoms with van der Waals surface area (Å²) in [4.78, 5) is 25.9. The van der Waals surface area contributed by atoms with Gasteiger partial charge in [-0.2, -0.15) is 0 Å². The second-order valence-electron chi connectivity index (χ2n) is 6.44. The van der Waals surface area contributed by atoms with Gasteiger partial charge in [-0.25, -0.2) is 5.48 Å². The van der Waals surface area contributed by atoms with E-state index in [9.17, 15) is 14.7 Å². The highest BCUT2D eigenvalue weighted by molar-refractivity contribution is 5.94. The first kappa shape index (κ1) is 19.6. The molecule has 0 saturated carbocycles. The standard InChI is InChI=1S/C21H23N3O4/c25-13-12-24(17-6-2-1-3-7-17)21(27)15-23-14-16(10-11-20(26)22-28)18-8-4-5-9-19(18)23/h1-9,14,25,28H,10-13,15H2,(H,22,26). The van der Waals surface area contributed by atoms with Gasteiger partial charge in [0.1, 0.15) is 6.54 Å². The van der Waals surface area contributed by atoms with E-state index in [-0.39, 0.29) is 32.0 Å². The van der Waals surface area contributed by atoms with Crippen LogP contribution < -0.4 is 10.4 Å². The molecular formula is C21H23N3O4. The lowest BCUT2D eigenvalue weighted by molar-refractivity contribution is -0.129. The van der Waals surface area contributed by atoms with Gasteiger partial charge in [-0.05, 0) is 30.2 Å². The largest absolute Gasteiger partial charge is 0.395 e. The molecule has 7 heteroatoms. The zero-order chi connectivity index (χ0) is 19.9. The summed E-state index contributed by atoms with van der Waals surface area (Å²) in [7, 11) is 0. The number of hydrogen-bond acceptors (Lipinski definition) is 4. The van der Waals surface area contributed by atoms with Crippen LogP contribution in [-0.4, -0.2) is 39.8 Å². The van der Waals surface area contributed by atoms with Crippen molar-refractivity contribution in [2.75, 3.05) is 18.1 Å². The molecule has 0 bridgehead atoms. The van der Waals surface area contributed by atoms with Crippen molar-refractivity contribution in [2.45, 2.75) is 19.4 Å². The van der Waals surface area contributed by atoms with Crippen LogP contribution in [0.4, 0.5) is 5.69 Å². The Labute approximate surface area is 162 Å². The van der Waals surface area contributed by atoms with Crippen molar-refractivity contribution in [3.05, 3.63) is 66.4 Å². The Bertz CT molecular complexity index is 953. The number of aliphatic hydroxyl groups excluding tert-OH is 1. The van der Waals surface area contributed by atoms with Crippen LogP contribution in [0.2, 0.25) is 0 Å². The van der Waals surface area contributed by atoms with Crippen LogP contribution in [-0.2, 0) is 22.6 Å². The van der Waals surface area contributed by atoms with Gasteiger partial charge in [0.05, 0.1) is 6.61 Å². The number of hydrogen-bond donors (Lipinski definition) is 3. The minimum Gasteiger partial charge on any atom is -0.395 e. The number of aromatic nitrogens is 1. The number of benzene rings is 2. The molecule has 1 heterocycles. The molecule has 7 nitrogen and oxygen atoms in total. The van der Waals surface area contributed by atoms with E-state index in [1.165, 1.54) is 0 Å². The molecule has 3 N–H and O–H groups in total. The number of nitrogens with one attached hydrogen (secondary N) is 1. The molecule has 0 aliphatic heterocycles. The van der Waals surface area contributed by atoms with Crippen molar-refractivity contribution in [1.29, 1.82) is 0 Å². The van der Waals surface area contributed by atoms with Gasteiger partial charge in [-0.15, -0.1) is 0 Å². The molecule has 3 aromatic rings. The molecule has 0 fully saturated rings. The third-order valence-corrected chi connectivity index (χ3v) is 4.62. The van der Waals surface area contributed by atoms with Crippen LogP contribution in [0.3, 0.4) is 0 Å². The minimum atomic E-state index is -0.453. The number of nitrogens with zero attached hydrogens (tertiary/aromatic N) is 2. The third-order valence-electron chi connectivity index (χ3n) is 4.62. The van der Waals surface area contributed by atoms with Crippen molar-refractivity contribution in [3.8, 4) is 0 Å². The number of anilines is 1. The highest BCUT2D eigenvalue weighted by Gasteiger charge is 2.18. The topological polar surface area (TPSA) is 94.8 Å². The smallest absolute Gasteiger partial charge is 0.246 e. The highest BCUT2D eigenvalue weighted by atomic mass is 16.5. The van der Waals surface area contributed by atoms with E-state index in [0.29, 0.717) is 6.42 Å². The van der Waals surface area contributed by atoms with Gasteiger partial charge < -0.3 is 14.6 Å². The maximum absolute atomic E-state index is 13.0.